The molecular formula is C17H14FNO. The van der Waals surface area contributed by atoms with Crippen LogP contribution in [0.25, 0.3) is 22.0 Å². The van der Waals surface area contributed by atoms with Crippen molar-refractivity contribution in [2.24, 2.45) is 0 Å². The summed E-state index contributed by atoms with van der Waals surface area (Å²) in [5, 5.41) is 10.5. The second-order valence-corrected chi connectivity index (χ2v) is 4.71. The summed E-state index contributed by atoms with van der Waals surface area (Å²) in [6, 6.07) is 14.2. The monoisotopic (exact) mass is 267 g/mol. The molecule has 2 nitrogen and oxygen atoms in total. The van der Waals surface area contributed by atoms with Crippen molar-refractivity contribution in [3.05, 3.63) is 65.6 Å². The van der Waals surface area contributed by atoms with Crippen LogP contribution < -0.4 is 0 Å². The van der Waals surface area contributed by atoms with Crippen molar-refractivity contribution in [2.75, 3.05) is 0 Å². The lowest BCUT2D eigenvalue weighted by Crippen LogP contribution is -2.00. The summed E-state index contributed by atoms with van der Waals surface area (Å²) in [5.74, 6) is -0.294. The van der Waals surface area contributed by atoms with Crippen molar-refractivity contribution in [2.45, 2.75) is 13.5 Å². The van der Waals surface area contributed by atoms with Gasteiger partial charge in [-0.1, -0.05) is 36.4 Å². The Kier molecular flexibility index (Phi) is 3.20. The van der Waals surface area contributed by atoms with E-state index in [1.165, 1.54) is 6.07 Å². The summed E-state index contributed by atoms with van der Waals surface area (Å²) in [6.07, 6.45) is 0. The summed E-state index contributed by atoms with van der Waals surface area (Å²) >= 11 is 0. The molecule has 0 bridgehead atoms. The van der Waals surface area contributed by atoms with Crippen molar-refractivity contribution in [1.29, 1.82) is 0 Å². The first-order chi connectivity index (χ1) is 9.72. The van der Waals surface area contributed by atoms with Crippen LogP contribution in [0.5, 0.6) is 0 Å². The Labute approximate surface area is 116 Å². The summed E-state index contributed by atoms with van der Waals surface area (Å²) in [4.78, 5) is 4.48. The molecule has 0 spiro atoms. The van der Waals surface area contributed by atoms with Gasteiger partial charge in [0.2, 0.25) is 0 Å². The Hall–Kier alpha value is -2.26. The van der Waals surface area contributed by atoms with Crippen molar-refractivity contribution in [3.8, 4) is 11.1 Å². The third-order valence-electron chi connectivity index (χ3n) is 3.50. The van der Waals surface area contributed by atoms with Crippen LogP contribution in [0.2, 0.25) is 0 Å². The topological polar surface area (TPSA) is 33.1 Å². The van der Waals surface area contributed by atoms with Gasteiger partial charge in [0.05, 0.1) is 12.1 Å². The van der Waals surface area contributed by atoms with E-state index in [0.29, 0.717) is 11.1 Å². The number of hydrogen-bond acceptors (Lipinski definition) is 2. The van der Waals surface area contributed by atoms with E-state index >= 15 is 0 Å². The highest BCUT2D eigenvalue weighted by Crippen LogP contribution is 2.34. The first-order valence-electron chi connectivity index (χ1n) is 6.46. The number of hydrogen-bond donors (Lipinski definition) is 1. The van der Waals surface area contributed by atoms with Crippen LogP contribution in [-0.2, 0) is 6.61 Å². The highest BCUT2D eigenvalue weighted by Gasteiger charge is 2.16. The molecule has 3 aromatic rings. The molecule has 0 atom stereocenters. The van der Waals surface area contributed by atoms with Gasteiger partial charge in [0.1, 0.15) is 5.82 Å². The highest BCUT2D eigenvalue weighted by atomic mass is 19.1. The predicted molar refractivity (Wildman–Crippen MR) is 77.8 cm³/mol. The van der Waals surface area contributed by atoms with Crippen molar-refractivity contribution >= 4 is 10.9 Å². The maximum Gasteiger partial charge on any atom is 0.131 e. The second kappa shape index (κ2) is 5.02. The van der Waals surface area contributed by atoms with Gasteiger partial charge in [-0.05, 0) is 19.1 Å². The fraction of sp³-hybridized carbons (Fsp3) is 0.118. The SMILES string of the molecule is Cc1nc2ccccc2c(-c2ccccc2F)c1CO. The van der Waals surface area contributed by atoms with Gasteiger partial charge in [-0.2, -0.15) is 0 Å². The van der Waals surface area contributed by atoms with E-state index in [4.69, 9.17) is 0 Å². The summed E-state index contributed by atoms with van der Waals surface area (Å²) in [6.45, 7) is 1.68. The standard InChI is InChI=1S/C17H14FNO/c1-11-14(10-20)17(12-6-2-4-8-15(12)18)13-7-3-5-9-16(13)19-11/h2-9,20H,10H2,1H3. The number of halogens is 1. The van der Waals surface area contributed by atoms with Crippen LogP contribution in [0.3, 0.4) is 0 Å². The van der Waals surface area contributed by atoms with Gasteiger partial charge in [-0.3, -0.25) is 4.98 Å². The number of aromatic nitrogens is 1. The molecule has 0 aliphatic carbocycles. The molecular weight excluding hydrogens is 253 g/mol. The van der Waals surface area contributed by atoms with E-state index in [2.05, 4.69) is 4.98 Å². The molecule has 0 saturated heterocycles. The van der Waals surface area contributed by atoms with Gasteiger partial charge in [0, 0.05) is 27.8 Å². The number of aryl methyl sites for hydroxylation is 1. The second-order valence-electron chi connectivity index (χ2n) is 4.71. The van der Waals surface area contributed by atoms with Crippen molar-refractivity contribution in [1.82, 2.24) is 4.98 Å². The average Bonchev–Trinajstić information content (AvgIpc) is 2.46. The molecule has 20 heavy (non-hydrogen) atoms. The Morgan fingerprint density at radius 3 is 2.50 bits per heavy atom. The van der Waals surface area contributed by atoms with E-state index in [0.717, 1.165) is 22.2 Å². The molecule has 0 fully saturated rings. The van der Waals surface area contributed by atoms with Crippen LogP contribution in [0.15, 0.2) is 48.5 Å². The molecule has 0 aliphatic rings. The maximum atomic E-state index is 14.1. The zero-order chi connectivity index (χ0) is 14.1. The Bertz CT molecular complexity index is 783. The van der Waals surface area contributed by atoms with Crippen LogP contribution in [0.1, 0.15) is 11.3 Å². The number of fused-ring (bicyclic) bond motifs is 1. The smallest absolute Gasteiger partial charge is 0.131 e. The molecule has 2 aromatic carbocycles. The van der Waals surface area contributed by atoms with E-state index < -0.39 is 0 Å². The van der Waals surface area contributed by atoms with E-state index in [9.17, 15) is 9.50 Å². The number of aliphatic hydroxyl groups excluding tert-OH is 1. The Morgan fingerprint density at radius 1 is 1.05 bits per heavy atom. The molecule has 1 aromatic heterocycles. The van der Waals surface area contributed by atoms with Crippen molar-refractivity contribution in [3.63, 3.8) is 0 Å². The lowest BCUT2D eigenvalue weighted by molar-refractivity contribution is 0.281. The molecule has 0 saturated carbocycles. The quantitative estimate of drug-likeness (QED) is 0.765. The minimum absolute atomic E-state index is 0.159. The van der Waals surface area contributed by atoms with Gasteiger partial charge in [-0.25, -0.2) is 4.39 Å². The number of rotatable bonds is 2. The molecule has 100 valence electrons. The lowest BCUT2D eigenvalue weighted by atomic mass is 9.94. The minimum Gasteiger partial charge on any atom is -0.392 e. The number of nitrogens with zero attached hydrogens (tertiary/aromatic N) is 1. The van der Waals surface area contributed by atoms with E-state index in [1.807, 2.05) is 31.2 Å². The normalized spacial score (nSPS) is 10.9. The molecule has 0 aliphatic heterocycles. The first-order valence-corrected chi connectivity index (χ1v) is 6.46. The molecule has 3 rings (SSSR count). The number of aliphatic hydroxyl groups is 1. The molecule has 1 N–H and O–H groups in total. The number of para-hydroxylation sites is 1. The van der Waals surface area contributed by atoms with E-state index in [1.54, 1.807) is 18.2 Å². The van der Waals surface area contributed by atoms with Gasteiger partial charge in [0.25, 0.3) is 0 Å². The third kappa shape index (κ3) is 1.96. The van der Waals surface area contributed by atoms with Crippen molar-refractivity contribution < 1.29 is 9.50 Å². The van der Waals surface area contributed by atoms with Gasteiger partial charge in [-0.15, -0.1) is 0 Å². The zero-order valence-corrected chi connectivity index (χ0v) is 11.1. The summed E-state index contributed by atoms with van der Waals surface area (Å²) in [5.41, 5.74) is 3.44. The molecule has 0 unspecified atom stereocenters. The third-order valence-corrected chi connectivity index (χ3v) is 3.50. The van der Waals surface area contributed by atoms with Crippen LogP contribution in [-0.4, -0.2) is 10.1 Å². The first kappa shape index (κ1) is 12.8. The molecule has 0 radical (unpaired) electrons. The van der Waals surface area contributed by atoms with Gasteiger partial charge < -0.3 is 5.11 Å². The molecule has 0 amide bonds. The fourth-order valence-electron chi connectivity index (χ4n) is 2.54. The van der Waals surface area contributed by atoms with Crippen LogP contribution >= 0.6 is 0 Å². The predicted octanol–water partition coefficient (Wildman–Crippen LogP) is 3.84. The largest absolute Gasteiger partial charge is 0.392 e. The van der Waals surface area contributed by atoms with Crippen LogP contribution in [0, 0.1) is 12.7 Å². The molecule has 3 heteroatoms. The minimum atomic E-state index is -0.294. The van der Waals surface area contributed by atoms with Gasteiger partial charge in [0.15, 0.2) is 0 Å². The maximum absolute atomic E-state index is 14.1. The van der Waals surface area contributed by atoms with Crippen LogP contribution in [0.4, 0.5) is 4.39 Å². The number of benzene rings is 2. The summed E-state index contributed by atoms with van der Waals surface area (Å²) in [7, 11) is 0. The van der Waals surface area contributed by atoms with E-state index in [-0.39, 0.29) is 12.4 Å². The summed E-state index contributed by atoms with van der Waals surface area (Å²) < 4.78 is 14.1. The van der Waals surface area contributed by atoms with Gasteiger partial charge >= 0.3 is 0 Å². The lowest BCUT2D eigenvalue weighted by Gasteiger charge is -2.14. The average molecular weight is 267 g/mol. The number of pyridine rings is 1. The Morgan fingerprint density at radius 2 is 1.75 bits per heavy atom. The highest BCUT2D eigenvalue weighted by molar-refractivity contribution is 5.96. The fourth-order valence-corrected chi connectivity index (χ4v) is 2.54. The Balaban J connectivity index is 2.47. The zero-order valence-electron chi connectivity index (χ0n) is 11.1. The molecule has 1 heterocycles.